The summed E-state index contributed by atoms with van der Waals surface area (Å²) in [5.74, 6) is -0.381. The third kappa shape index (κ3) is 7.12. The van der Waals surface area contributed by atoms with E-state index in [9.17, 15) is 14.4 Å². The van der Waals surface area contributed by atoms with Gasteiger partial charge in [-0.15, -0.1) is 0 Å². The molecule has 208 valence electrons. The molecule has 1 aliphatic heterocycles. The molecule has 0 unspecified atom stereocenters. The van der Waals surface area contributed by atoms with Gasteiger partial charge in [0.25, 0.3) is 11.1 Å². The molecule has 3 aromatic carbocycles. The van der Waals surface area contributed by atoms with E-state index in [-0.39, 0.29) is 16.5 Å². The van der Waals surface area contributed by atoms with Crippen LogP contribution in [0.3, 0.4) is 0 Å². The molecule has 4 rings (SSSR count). The third-order valence-electron chi connectivity index (χ3n) is 5.98. The number of hydrogen-bond acceptors (Lipinski definition) is 6. The number of thioether (sulfide) groups is 1. The van der Waals surface area contributed by atoms with Crippen LogP contribution in [-0.2, 0) is 16.2 Å². The number of carbonyl (C=O) groups excluding carboxylic acids is 3. The Balaban J connectivity index is 1.49. The van der Waals surface area contributed by atoms with E-state index in [1.54, 1.807) is 36.4 Å². The molecule has 1 N–H and O–H groups in total. The Bertz CT molecular complexity index is 1530. The first-order chi connectivity index (χ1) is 19.0. The lowest BCUT2D eigenvalue weighted by atomic mass is 10.1. The number of anilines is 1. The number of benzene rings is 3. The summed E-state index contributed by atoms with van der Waals surface area (Å²) in [6.45, 7) is 5.77. The number of halogens is 3. The lowest BCUT2D eigenvalue weighted by Gasteiger charge is -2.15. The number of nitrogens with one attached hydrogen (secondary N) is 1. The molecule has 11 heteroatoms. The fraction of sp³-hybridized carbons (Fsp3) is 0.207. The van der Waals surface area contributed by atoms with Gasteiger partial charge in [0.1, 0.15) is 13.2 Å². The lowest BCUT2D eigenvalue weighted by molar-refractivity contribution is -0.127. The normalized spacial score (nSPS) is 14.2. The molecule has 40 heavy (non-hydrogen) atoms. The summed E-state index contributed by atoms with van der Waals surface area (Å²) in [5, 5.41) is 3.40. The van der Waals surface area contributed by atoms with E-state index in [2.05, 4.69) is 5.32 Å². The van der Waals surface area contributed by atoms with Crippen molar-refractivity contribution in [2.45, 2.75) is 27.4 Å². The molecule has 1 aliphatic rings. The van der Waals surface area contributed by atoms with Crippen LogP contribution >= 0.6 is 46.6 Å². The first-order valence-electron chi connectivity index (χ1n) is 12.2. The molecule has 1 fully saturated rings. The number of ether oxygens (including phenoxy) is 2. The van der Waals surface area contributed by atoms with Crippen LogP contribution < -0.4 is 14.8 Å². The van der Waals surface area contributed by atoms with Crippen LogP contribution in [0.5, 0.6) is 11.5 Å². The number of carbonyl (C=O) groups is 3. The van der Waals surface area contributed by atoms with Crippen molar-refractivity contribution in [3.8, 4) is 11.5 Å². The fourth-order valence-corrected chi connectivity index (χ4v) is 5.39. The molecule has 3 amide bonds. The Labute approximate surface area is 251 Å². The second-order valence-corrected chi connectivity index (χ2v) is 11.1. The molecular formula is C29H25Cl3N2O5S. The number of hydrogen-bond donors (Lipinski definition) is 1. The maximum Gasteiger partial charge on any atom is 0.294 e. The molecule has 0 saturated carbocycles. The van der Waals surface area contributed by atoms with Crippen molar-refractivity contribution in [2.75, 3.05) is 18.5 Å². The van der Waals surface area contributed by atoms with Gasteiger partial charge in [0.15, 0.2) is 11.5 Å². The summed E-state index contributed by atoms with van der Waals surface area (Å²) >= 11 is 19.5. The van der Waals surface area contributed by atoms with Gasteiger partial charge >= 0.3 is 0 Å². The van der Waals surface area contributed by atoms with Crippen LogP contribution in [0.2, 0.25) is 15.1 Å². The highest BCUT2D eigenvalue weighted by molar-refractivity contribution is 8.18. The second-order valence-electron chi connectivity index (χ2n) is 8.90. The highest BCUT2D eigenvalue weighted by Gasteiger charge is 2.36. The first kappa shape index (κ1) is 29.8. The molecule has 0 aliphatic carbocycles. The Morgan fingerprint density at radius 1 is 0.975 bits per heavy atom. The highest BCUT2D eigenvalue weighted by Crippen LogP contribution is 2.40. The molecular weight excluding hydrogens is 595 g/mol. The van der Waals surface area contributed by atoms with Crippen LogP contribution in [0.15, 0.2) is 53.4 Å². The summed E-state index contributed by atoms with van der Waals surface area (Å²) in [5.41, 5.74) is 3.93. The average Bonchev–Trinajstić information content (AvgIpc) is 3.14. The van der Waals surface area contributed by atoms with E-state index in [4.69, 9.17) is 44.3 Å². The largest absolute Gasteiger partial charge is 0.490 e. The molecule has 1 heterocycles. The van der Waals surface area contributed by atoms with Crippen molar-refractivity contribution in [2.24, 2.45) is 0 Å². The van der Waals surface area contributed by atoms with Gasteiger partial charge in [-0.3, -0.25) is 19.3 Å². The SMILES string of the molecule is CCOc1cc(/C=C2/SC(=O)N(CC(=O)Nc3ccc(C)c(C)c3)C2=O)cc(Cl)c1OCc1ccc(Cl)cc1Cl. The van der Waals surface area contributed by atoms with E-state index < -0.39 is 23.6 Å². The minimum atomic E-state index is -0.572. The summed E-state index contributed by atoms with van der Waals surface area (Å²) in [6.07, 6.45) is 1.53. The van der Waals surface area contributed by atoms with Crippen LogP contribution in [0.25, 0.3) is 6.08 Å². The molecule has 0 radical (unpaired) electrons. The molecule has 0 atom stereocenters. The fourth-order valence-electron chi connectivity index (χ4n) is 3.81. The molecule has 1 saturated heterocycles. The topological polar surface area (TPSA) is 84.9 Å². The second kappa shape index (κ2) is 13.0. The van der Waals surface area contributed by atoms with Gasteiger partial charge in [-0.2, -0.15) is 0 Å². The Kier molecular flexibility index (Phi) is 9.68. The van der Waals surface area contributed by atoms with Gasteiger partial charge in [0.05, 0.1) is 16.5 Å². The predicted molar refractivity (Wildman–Crippen MR) is 161 cm³/mol. The lowest BCUT2D eigenvalue weighted by Crippen LogP contribution is -2.36. The summed E-state index contributed by atoms with van der Waals surface area (Å²) < 4.78 is 11.7. The Morgan fingerprint density at radius 3 is 2.45 bits per heavy atom. The van der Waals surface area contributed by atoms with Crippen molar-refractivity contribution >= 4 is 75.4 Å². The van der Waals surface area contributed by atoms with Gasteiger partial charge < -0.3 is 14.8 Å². The van der Waals surface area contributed by atoms with Crippen molar-refractivity contribution in [3.05, 3.63) is 90.8 Å². The van der Waals surface area contributed by atoms with E-state index >= 15 is 0 Å². The zero-order valence-corrected chi connectivity index (χ0v) is 24.9. The molecule has 0 spiro atoms. The van der Waals surface area contributed by atoms with E-state index in [1.165, 1.54) is 6.08 Å². The maximum atomic E-state index is 13.0. The number of aryl methyl sites for hydroxylation is 2. The minimum Gasteiger partial charge on any atom is -0.490 e. The number of imide groups is 1. The quantitative estimate of drug-likeness (QED) is 0.245. The average molecular weight is 620 g/mol. The monoisotopic (exact) mass is 618 g/mol. The van der Waals surface area contributed by atoms with Gasteiger partial charge in [-0.05, 0) is 91.7 Å². The van der Waals surface area contributed by atoms with Crippen molar-refractivity contribution < 1.29 is 23.9 Å². The zero-order chi connectivity index (χ0) is 29.0. The van der Waals surface area contributed by atoms with Crippen LogP contribution in [0, 0.1) is 13.8 Å². The minimum absolute atomic E-state index is 0.123. The van der Waals surface area contributed by atoms with Crippen LogP contribution in [0.1, 0.15) is 29.2 Å². The van der Waals surface area contributed by atoms with Gasteiger partial charge in [-0.25, -0.2) is 0 Å². The third-order valence-corrected chi connectivity index (χ3v) is 7.76. The molecule has 3 aromatic rings. The molecule has 0 aromatic heterocycles. The molecule has 7 nitrogen and oxygen atoms in total. The molecule has 0 bridgehead atoms. The van der Waals surface area contributed by atoms with Gasteiger partial charge in [0.2, 0.25) is 5.91 Å². The van der Waals surface area contributed by atoms with Crippen molar-refractivity contribution in [1.82, 2.24) is 4.90 Å². The predicted octanol–water partition coefficient (Wildman–Crippen LogP) is 7.92. The van der Waals surface area contributed by atoms with Crippen molar-refractivity contribution in [3.63, 3.8) is 0 Å². The van der Waals surface area contributed by atoms with Crippen molar-refractivity contribution in [1.29, 1.82) is 0 Å². The van der Waals surface area contributed by atoms with E-state index in [0.29, 0.717) is 45.0 Å². The smallest absolute Gasteiger partial charge is 0.294 e. The zero-order valence-electron chi connectivity index (χ0n) is 21.8. The number of rotatable bonds is 9. The van der Waals surface area contributed by atoms with E-state index in [1.807, 2.05) is 32.9 Å². The highest BCUT2D eigenvalue weighted by atomic mass is 35.5. The Hall–Kier alpha value is -3.17. The van der Waals surface area contributed by atoms with Gasteiger partial charge in [0, 0.05) is 21.3 Å². The summed E-state index contributed by atoms with van der Waals surface area (Å²) in [6, 6.07) is 13.8. The van der Waals surface area contributed by atoms with E-state index in [0.717, 1.165) is 27.8 Å². The summed E-state index contributed by atoms with van der Waals surface area (Å²) in [7, 11) is 0. The number of nitrogens with zero attached hydrogens (tertiary/aromatic N) is 1. The maximum absolute atomic E-state index is 13.0. The first-order valence-corrected chi connectivity index (χ1v) is 14.2. The Morgan fingerprint density at radius 2 is 1.75 bits per heavy atom. The number of amides is 3. The standard InChI is InChI=1S/C29H25Cl3N2O5S/c1-4-38-24-11-18(10-23(32)27(24)39-15-19-6-7-20(30)13-22(19)31)12-25-28(36)34(29(37)40-25)14-26(35)33-21-8-5-16(2)17(3)9-21/h5-13H,4,14-15H2,1-3H3,(H,33,35)/b25-12+. The van der Waals surface area contributed by atoms with Gasteiger partial charge in [-0.1, -0.05) is 46.9 Å². The summed E-state index contributed by atoms with van der Waals surface area (Å²) in [4.78, 5) is 39.2. The van der Waals surface area contributed by atoms with Crippen LogP contribution in [0.4, 0.5) is 10.5 Å². The van der Waals surface area contributed by atoms with Crippen LogP contribution in [-0.4, -0.2) is 35.1 Å².